The fourth-order valence-corrected chi connectivity index (χ4v) is 4.47. The maximum Gasteiger partial charge on any atom is 0.309 e. The van der Waals surface area contributed by atoms with Crippen molar-refractivity contribution in [3.8, 4) is 0 Å². The van der Waals surface area contributed by atoms with E-state index in [2.05, 4.69) is 4.98 Å². The van der Waals surface area contributed by atoms with E-state index in [-0.39, 0.29) is 18.1 Å². The summed E-state index contributed by atoms with van der Waals surface area (Å²) in [6.45, 7) is 10.5. The highest BCUT2D eigenvalue weighted by Gasteiger charge is 2.42. The lowest BCUT2D eigenvalue weighted by molar-refractivity contribution is -0.155. The number of nitrogens with zero attached hydrogens (tertiary/aromatic N) is 1. The molecule has 1 aromatic heterocycles. The number of esters is 1. The lowest BCUT2D eigenvalue weighted by atomic mass is 9.73. The first-order valence-corrected chi connectivity index (χ1v) is 12.2. The largest absolute Gasteiger partial charge is 0.457 e. The summed E-state index contributed by atoms with van der Waals surface area (Å²) >= 11 is 0. The monoisotopic (exact) mass is 483 g/mol. The molecule has 7 nitrogen and oxygen atoms in total. The van der Waals surface area contributed by atoms with Crippen LogP contribution in [0.1, 0.15) is 71.4 Å². The van der Waals surface area contributed by atoms with Gasteiger partial charge >= 0.3 is 5.97 Å². The molecule has 1 aromatic carbocycles. The Kier molecular flexibility index (Phi) is 8.34. The lowest BCUT2D eigenvalue weighted by Gasteiger charge is -2.34. The second-order valence-corrected chi connectivity index (χ2v) is 10.3. The molecule has 5 atom stereocenters. The molecule has 7 heteroatoms. The van der Waals surface area contributed by atoms with Crippen molar-refractivity contribution in [1.29, 1.82) is 0 Å². The number of fused-ring (bicyclic) bond motifs is 1. The summed E-state index contributed by atoms with van der Waals surface area (Å²) in [7, 11) is 0. The van der Waals surface area contributed by atoms with Crippen LogP contribution in [0.5, 0.6) is 0 Å². The molecule has 0 fully saturated rings. The Morgan fingerprint density at radius 1 is 1.11 bits per heavy atom. The van der Waals surface area contributed by atoms with Crippen LogP contribution >= 0.6 is 0 Å². The molecule has 2 aromatic rings. The first kappa shape index (κ1) is 26.8. The second-order valence-electron chi connectivity index (χ2n) is 10.3. The Labute approximate surface area is 206 Å². The molecule has 0 saturated carbocycles. The van der Waals surface area contributed by atoms with Crippen molar-refractivity contribution in [2.24, 2.45) is 17.3 Å². The SMILES string of the molecule is CC1=CC[C@@H](c2ccc3oc(C)nc3c2)OC(=O)C[C@H](O)C(C)(C)C(=O)[C@H](C)[C@@H](O)[C@@H](C)C=CC1. The third-order valence-electron chi connectivity index (χ3n) is 7.02. The van der Waals surface area contributed by atoms with Gasteiger partial charge in [-0.05, 0) is 31.0 Å². The van der Waals surface area contributed by atoms with E-state index in [1.165, 1.54) is 0 Å². The van der Waals surface area contributed by atoms with Crippen LogP contribution in [0.2, 0.25) is 0 Å². The Bertz CT molecular complexity index is 1130. The van der Waals surface area contributed by atoms with Crippen LogP contribution in [0.4, 0.5) is 0 Å². The number of carbonyl (C=O) groups is 2. The number of oxazole rings is 1. The van der Waals surface area contributed by atoms with E-state index in [0.717, 1.165) is 11.1 Å². The van der Waals surface area contributed by atoms with Crippen LogP contribution in [-0.2, 0) is 14.3 Å². The number of ketones is 1. The smallest absolute Gasteiger partial charge is 0.309 e. The van der Waals surface area contributed by atoms with Gasteiger partial charge in [-0.25, -0.2) is 4.98 Å². The van der Waals surface area contributed by atoms with E-state index in [9.17, 15) is 19.8 Å². The van der Waals surface area contributed by atoms with Gasteiger partial charge in [0.25, 0.3) is 0 Å². The molecular weight excluding hydrogens is 446 g/mol. The number of cyclic esters (lactones) is 1. The zero-order chi connectivity index (χ0) is 25.9. The zero-order valence-electron chi connectivity index (χ0n) is 21.4. The first-order chi connectivity index (χ1) is 16.4. The fraction of sp³-hybridized carbons (Fsp3) is 0.536. The van der Waals surface area contributed by atoms with Gasteiger partial charge in [0, 0.05) is 25.2 Å². The van der Waals surface area contributed by atoms with Crippen molar-refractivity contribution in [3.63, 3.8) is 0 Å². The number of aromatic nitrogens is 1. The Balaban J connectivity index is 1.95. The molecule has 0 bridgehead atoms. The van der Waals surface area contributed by atoms with Crippen LogP contribution in [0.15, 0.2) is 46.4 Å². The number of rotatable bonds is 1. The van der Waals surface area contributed by atoms with Crippen LogP contribution in [0.3, 0.4) is 0 Å². The van der Waals surface area contributed by atoms with Gasteiger partial charge in [-0.3, -0.25) is 9.59 Å². The molecule has 1 aliphatic rings. The number of benzene rings is 1. The van der Waals surface area contributed by atoms with Gasteiger partial charge in [-0.1, -0.05) is 57.6 Å². The van der Waals surface area contributed by atoms with Crippen molar-refractivity contribution in [2.45, 2.75) is 79.1 Å². The molecule has 1 aliphatic heterocycles. The minimum absolute atomic E-state index is 0.238. The summed E-state index contributed by atoms with van der Waals surface area (Å²) in [5, 5.41) is 21.6. The molecule has 0 radical (unpaired) electrons. The first-order valence-electron chi connectivity index (χ1n) is 12.2. The highest BCUT2D eigenvalue weighted by atomic mass is 16.5. The lowest BCUT2D eigenvalue weighted by Crippen LogP contribution is -2.45. The van der Waals surface area contributed by atoms with Gasteiger partial charge in [0.2, 0.25) is 0 Å². The summed E-state index contributed by atoms with van der Waals surface area (Å²) in [5.74, 6) is -1.28. The van der Waals surface area contributed by atoms with E-state index in [1.807, 2.05) is 50.3 Å². The maximum absolute atomic E-state index is 13.2. The highest BCUT2D eigenvalue weighted by Crippen LogP contribution is 2.33. The molecule has 0 saturated heterocycles. The van der Waals surface area contributed by atoms with Gasteiger partial charge in [0.1, 0.15) is 17.4 Å². The molecule has 0 amide bonds. The molecule has 35 heavy (non-hydrogen) atoms. The average Bonchev–Trinajstić information content (AvgIpc) is 3.18. The number of Topliss-reactive ketones (excluding diaryl/α,β-unsaturated/α-hetero) is 1. The topological polar surface area (TPSA) is 110 Å². The summed E-state index contributed by atoms with van der Waals surface area (Å²) in [6.07, 6.45) is 3.98. The predicted molar refractivity (Wildman–Crippen MR) is 133 cm³/mol. The minimum Gasteiger partial charge on any atom is -0.457 e. The molecular formula is C28H37NO6. The Hall–Kier alpha value is -2.77. The highest BCUT2D eigenvalue weighted by molar-refractivity contribution is 5.88. The van der Waals surface area contributed by atoms with Gasteiger partial charge in [0.05, 0.1) is 24.0 Å². The number of allylic oxidation sites excluding steroid dienone is 2. The van der Waals surface area contributed by atoms with E-state index in [4.69, 9.17) is 9.15 Å². The van der Waals surface area contributed by atoms with Crippen molar-refractivity contribution in [1.82, 2.24) is 4.98 Å². The van der Waals surface area contributed by atoms with Crippen LogP contribution in [0.25, 0.3) is 11.1 Å². The predicted octanol–water partition coefficient (Wildman–Crippen LogP) is 5.00. The molecule has 3 rings (SSSR count). The number of ether oxygens (including phenoxy) is 1. The molecule has 2 heterocycles. The maximum atomic E-state index is 13.2. The molecule has 190 valence electrons. The van der Waals surface area contributed by atoms with Crippen LogP contribution in [0, 0.1) is 24.2 Å². The fourth-order valence-electron chi connectivity index (χ4n) is 4.47. The number of carbonyl (C=O) groups excluding carboxylic acids is 2. The van der Waals surface area contributed by atoms with E-state index < -0.39 is 35.6 Å². The average molecular weight is 484 g/mol. The summed E-state index contributed by atoms with van der Waals surface area (Å²) in [6, 6.07) is 5.50. The van der Waals surface area contributed by atoms with Gasteiger partial charge < -0.3 is 19.4 Å². The second kappa shape index (κ2) is 10.9. The molecule has 0 aliphatic carbocycles. The van der Waals surface area contributed by atoms with Gasteiger partial charge in [-0.15, -0.1) is 0 Å². The minimum atomic E-state index is -1.26. The third-order valence-corrected chi connectivity index (χ3v) is 7.02. The zero-order valence-corrected chi connectivity index (χ0v) is 21.4. The molecule has 2 N–H and O–H groups in total. The van der Waals surface area contributed by atoms with E-state index >= 15 is 0 Å². The standard InChI is InChI=1S/C28H37NO6/c1-16-8-7-9-17(2)26(32)18(3)27(33)28(5,6)24(30)15-25(31)35-22(12-10-16)20-11-13-23-21(14-20)29-19(4)34-23/h7,9-11,13-14,17-18,22,24,26,30,32H,8,12,15H2,1-6H3/t17-,18+,22-,24-,26-/m0/s1. The van der Waals surface area contributed by atoms with E-state index in [1.54, 1.807) is 27.7 Å². The number of aliphatic hydroxyl groups excluding tert-OH is 2. The number of aryl methyl sites for hydroxylation is 1. The van der Waals surface area contributed by atoms with Gasteiger partial charge in [0.15, 0.2) is 11.5 Å². The van der Waals surface area contributed by atoms with Crippen molar-refractivity contribution in [3.05, 3.63) is 53.5 Å². The normalized spacial score (nSPS) is 29.1. The van der Waals surface area contributed by atoms with Crippen molar-refractivity contribution in [2.75, 3.05) is 0 Å². The summed E-state index contributed by atoms with van der Waals surface area (Å²) in [5.41, 5.74) is 1.96. The van der Waals surface area contributed by atoms with Crippen LogP contribution < -0.4 is 0 Å². The molecule has 0 unspecified atom stereocenters. The molecule has 0 spiro atoms. The third kappa shape index (κ3) is 6.27. The van der Waals surface area contributed by atoms with Crippen molar-refractivity contribution >= 4 is 22.9 Å². The summed E-state index contributed by atoms with van der Waals surface area (Å²) in [4.78, 5) is 30.5. The van der Waals surface area contributed by atoms with Crippen molar-refractivity contribution < 1.29 is 29.0 Å². The number of hydrogen-bond donors (Lipinski definition) is 2. The Morgan fingerprint density at radius 2 is 1.83 bits per heavy atom. The number of aliphatic hydroxyl groups is 2. The summed E-state index contributed by atoms with van der Waals surface area (Å²) < 4.78 is 11.4. The van der Waals surface area contributed by atoms with Crippen LogP contribution in [-0.4, -0.2) is 39.2 Å². The Morgan fingerprint density at radius 3 is 2.54 bits per heavy atom. The quantitative estimate of drug-likeness (QED) is 0.434. The van der Waals surface area contributed by atoms with Gasteiger partial charge in [-0.2, -0.15) is 0 Å². The number of hydrogen-bond acceptors (Lipinski definition) is 7. The van der Waals surface area contributed by atoms with E-state index in [0.29, 0.717) is 29.8 Å².